The van der Waals surface area contributed by atoms with Gasteiger partial charge in [-0.15, -0.1) is 0 Å². The first kappa shape index (κ1) is 59.0. The van der Waals surface area contributed by atoms with E-state index < -0.39 is 39.4 Å². The van der Waals surface area contributed by atoms with Gasteiger partial charge in [-0.25, -0.2) is 18.3 Å². The Balaban J connectivity index is 0.000000176. The van der Waals surface area contributed by atoms with Gasteiger partial charge in [0, 0.05) is 102 Å². The monoisotopic (exact) mass is 1090 g/mol. The number of alkyl halides is 3. The van der Waals surface area contributed by atoms with Crippen molar-refractivity contribution >= 4 is 88.3 Å². The van der Waals surface area contributed by atoms with E-state index in [2.05, 4.69) is 14.7 Å². The molecule has 78 heavy (non-hydrogen) atoms. The number of carbonyl (C=O) groups is 4. The zero-order chi connectivity index (χ0) is 56.1. The van der Waals surface area contributed by atoms with Crippen LogP contribution in [0.15, 0.2) is 150 Å². The largest absolute Gasteiger partial charge is 0.463 e. The Labute approximate surface area is 450 Å². The predicted octanol–water partition coefficient (Wildman–Crippen LogP) is 11.2. The third-order valence-electron chi connectivity index (χ3n) is 13.2. The molecule has 4 heterocycles. The predicted molar refractivity (Wildman–Crippen MR) is 299 cm³/mol. The van der Waals surface area contributed by atoms with E-state index in [4.69, 9.17) is 4.84 Å². The molecule has 0 saturated carbocycles. The van der Waals surface area contributed by atoms with Crippen LogP contribution in [-0.4, -0.2) is 104 Å². The number of nitrogens with zero attached hydrogens (tertiary/aromatic N) is 4. The molecule has 1 aliphatic rings. The molecule has 0 aliphatic carbocycles. The molecule has 2 atom stereocenters. The Hall–Kier alpha value is -8.26. The van der Waals surface area contributed by atoms with Gasteiger partial charge < -0.3 is 29.3 Å². The molecule has 1 amide bonds. The number of benzene rings is 6. The fourth-order valence-electron chi connectivity index (χ4n) is 9.23. The van der Waals surface area contributed by atoms with Crippen LogP contribution >= 0.6 is 0 Å². The van der Waals surface area contributed by atoms with Crippen molar-refractivity contribution < 1.29 is 55.4 Å². The summed E-state index contributed by atoms with van der Waals surface area (Å²) in [7, 11) is 4.55. The molecule has 19 heteroatoms. The Morgan fingerprint density at radius 2 is 1.28 bits per heavy atom. The molecule has 10 rings (SSSR count). The number of aromatic amines is 2. The number of anilines is 2. The number of nitrogens with one attached hydrogen (secondary N) is 2. The number of hydrogen-bond donors (Lipinski definition) is 3. The minimum absolute atomic E-state index is 0. The smallest absolute Gasteiger partial charge is 0.432 e. The summed E-state index contributed by atoms with van der Waals surface area (Å²) in [6, 6.07) is 43.1. The van der Waals surface area contributed by atoms with Crippen molar-refractivity contribution in [2.24, 2.45) is 7.05 Å². The van der Waals surface area contributed by atoms with Crippen molar-refractivity contribution in [1.29, 1.82) is 0 Å². The number of hydrogen-bond acceptors (Lipinski definition) is 10. The summed E-state index contributed by atoms with van der Waals surface area (Å²) < 4.78 is 75.4. The van der Waals surface area contributed by atoms with E-state index in [-0.39, 0.29) is 47.5 Å². The number of halogens is 3. The van der Waals surface area contributed by atoms with Crippen LogP contribution < -0.4 is 9.21 Å². The van der Waals surface area contributed by atoms with Crippen LogP contribution in [0, 0.1) is 6.92 Å². The zero-order valence-electron chi connectivity index (χ0n) is 43.9. The normalized spacial score (nSPS) is 13.7. The topological polar surface area (TPSA) is 187 Å². The number of Topliss-reactive ketones (excluding diaryl/α,β-unsaturated/α-hetero) is 2. The highest BCUT2D eigenvalue weighted by atomic mass is 32.2. The molecule has 0 fully saturated rings. The summed E-state index contributed by atoms with van der Waals surface area (Å²) >= 11 is 0. The first-order valence-corrected chi connectivity index (χ1v) is 25.7. The van der Waals surface area contributed by atoms with Crippen LogP contribution in [0.1, 0.15) is 66.0 Å². The number of carbonyl (C=O) groups excluding carboxylic acids is 4. The van der Waals surface area contributed by atoms with E-state index in [9.17, 15) is 45.9 Å². The Morgan fingerprint density at radius 1 is 0.744 bits per heavy atom. The number of sulfonamides is 1. The summed E-state index contributed by atoms with van der Waals surface area (Å²) in [6.07, 6.45) is -4.80. The SMILES string of the molecule is C.CC(=O)[C@@H]1Cc2ccccc2N1S(=O)(=O)c1cccc2c(N(C)C)cccc12.CC(=O)c1cc2ccccc2[nH]1.CCOC(=O)C(O)(c1c(C)n(C)c2ccccc12)C(F)(F)F.CON(C)C(=O)c1cc2ccccc2[nH]1. The number of esters is 1. The van der Waals surface area contributed by atoms with Gasteiger partial charge in [-0.1, -0.05) is 104 Å². The quantitative estimate of drug-likeness (QED) is 0.0676. The van der Waals surface area contributed by atoms with Gasteiger partial charge in [0.1, 0.15) is 11.7 Å². The number of amides is 1. The Morgan fingerprint density at radius 3 is 1.86 bits per heavy atom. The average Bonchev–Trinajstić information content (AvgIpc) is 4.34. The molecule has 1 aliphatic heterocycles. The summed E-state index contributed by atoms with van der Waals surface area (Å²) in [5.41, 5.74) is 2.02. The number of H-pyrrole nitrogens is 2. The number of aromatic nitrogens is 3. The maximum atomic E-state index is 13.8. The number of rotatable bonds is 10. The van der Waals surface area contributed by atoms with Crippen LogP contribution in [-0.2, 0) is 48.3 Å². The van der Waals surface area contributed by atoms with Crippen molar-refractivity contribution in [3.63, 3.8) is 0 Å². The highest BCUT2D eigenvalue weighted by Gasteiger charge is 2.64. The van der Waals surface area contributed by atoms with Gasteiger partial charge in [0.15, 0.2) is 11.6 Å². The molecule has 3 N–H and O–H groups in total. The second-order valence-corrected chi connectivity index (χ2v) is 20.1. The fourth-order valence-corrected chi connectivity index (χ4v) is 11.1. The molecule has 1 unspecified atom stereocenters. The molecule has 6 aromatic carbocycles. The maximum absolute atomic E-state index is 13.8. The van der Waals surface area contributed by atoms with Gasteiger partial charge in [-0.05, 0) is 74.9 Å². The van der Waals surface area contributed by atoms with Crippen LogP contribution in [0.25, 0.3) is 43.5 Å². The summed E-state index contributed by atoms with van der Waals surface area (Å²) in [5, 5.41) is 15.3. The number of fused-ring (bicyclic) bond motifs is 5. The van der Waals surface area contributed by atoms with Crippen molar-refractivity contribution in [2.75, 3.05) is 44.1 Å². The first-order chi connectivity index (χ1) is 36.5. The molecule has 0 saturated heterocycles. The van der Waals surface area contributed by atoms with E-state index in [1.165, 1.54) is 47.9 Å². The van der Waals surface area contributed by atoms with E-state index >= 15 is 0 Å². The van der Waals surface area contributed by atoms with E-state index in [0.29, 0.717) is 34.4 Å². The van der Waals surface area contributed by atoms with E-state index in [1.807, 2.05) is 116 Å². The Bertz CT molecular complexity index is 3710. The van der Waals surface area contributed by atoms with Gasteiger partial charge in [-0.3, -0.25) is 23.5 Å². The number of aryl methyl sites for hydroxylation is 1. The van der Waals surface area contributed by atoms with Crippen LogP contribution in [0.2, 0.25) is 0 Å². The fraction of sp³-hybridized carbons (Fsp3) is 0.254. The number of ether oxygens (including phenoxy) is 1. The lowest BCUT2D eigenvalue weighted by Crippen LogP contribution is -2.50. The van der Waals surface area contributed by atoms with Crippen molar-refractivity contribution in [2.45, 2.75) is 64.3 Å². The minimum Gasteiger partial charge on any atom is -0.463 e. The second-order valence-electron chi connectivity index (χ2n) is 18.3. The van der Waals surface area contributed by atoms with Gasteiger partial charge in [0.2, 0.25) is 0 Å². The third kappa shape index (κ3) is 11.5. The second kappa shape index (κ2) is 24.0. The van der Waals surface area contributed by atoms with Gasteiger partial charge in [0.05, 0.1) is 30.0 Å². The maximum Gasteiger partial charge on any atom is 0.432 e. The van der Waals surface area contributed by atoms with E-state index in [0.717, 1.165) is 38.4 Å². The molecule has 9 aromatic rings. The zero-order valence-corrected chi connectivity index (χ0v) is 44.7. The number of para-hydroxylation sites is 4. The molecule has 410 valence electrons. The minimum atomic E-state index is -5.20. The van der Waals surface area contributed by atoms with Gasteiger partial charge >= 0.3 is 12.1 Å². The number of ketones is 2. The number of hydroxylamine groups is 2. The van der Waals surface area contributed by atoms with Gasteiger partial charge in [0.25, 0.3) is 21.5 Å². The van der Waals surface area contributed by atoms with Crippen molar-refractivity contribution in [1.82, 2.24) is 19.6 Å². The van der Waals surface area contributed by atoms with Gasteiger partial charge in [-0.2, -0.15) is 13.2 Å². The lowest BCUT2D eigenvalue weighted by molar-refractivity contribution is -0.267. The molecule has 0 bridgehead atoms. The molecule has 0 spiro atoms. The van der Waals surface area contributed by atoms with Crippen molar-refractivity contribution in [3.05, 3.63) is 174 Å². The summed E-state index contributed by atoms with van der Waals surface area (Å²) in [4.78, 5) is 60.0. The Kier molecular flexibility index (Phi) is 18.1. The van der Waals surface area contributed by atoms with Crippen LogP contribution in [0.4, 0.5) is 24.5 Å². The first-order valence-electron chi connectivity index (χ1n) is 24.3. The highest BCUT2D eigenvalue weighted by molar-refractivity contribution is 7.93. The summed E-state index contributed by atoms with van der Waals surface area (Å²) in [6.45, 7) is 5.55. The molecule has 3 aromatic heterocycles. The van der Waals surface area contributed by atoms with Crippen molar-refractivity contribution in [3.8, 4) is 0 Å². The summed E-state index contributed by atoms with van der Waals surface area (Å²) in [5.74, 6) is -1.99. The molecular weight excluding hydrogens is 1030 g/mol. The molecule has 15 nitrogen and oxygen atoms in total. The molecular formula is C59H63F3N6O9S. The third-order valence-corrected chi connectivity index (χ3v) is 15.1. The average molecular weight is 1090 g/mol. The lowest BCUT2D eigenvalue weighted by atomic mass is 9.90. The number of aliphatic hydroxyl groups is 1. The molecule has 0 radical (unpaired) electrons. The standard InChI is InChI=1S/C22H22N2O3S.C15H16F3NO3.C11H12N2O2.C10H9NO.CH4/c1-15(25)21-14-16-8-4-5-11-19(16)24(21)28(26,27)22-13-7-9-17-18(22)10-6-12-20(17)23(2)3;1-4-22-13(20)14(21,15(16,17)18)12-9(2)19(3)11-8-6-5-7-10(11)12;1-13(15-2)11(14)10-7-8-5-3-4-6-9(8)12-10;1-7(12)10-6-8-4-2-3-5-9(8)11-10;/h4-13,21H,14H2,1-3H3;5-8,21H,4H2,1-3H3;3-7,12H,1-2H3;2-6,11H,1H3;1H4/t21-;;;;/m0..../s1. The lowest BCUT2D eigenvalue weighted by Gasteiger charge is -2.28. The van der Waals surface area contributed by atoms with Crippen LogP contribution in [0.3, 0.4) is 0 Å². The highest BCUT2D eigenvalue weighted by Crippen LogP contribution is 2.45. The van der Waals surface area contributed by atoms with E-state index in [1.54, 1.807) is 63.5 Å². The van der Waals surface area contributed by atoms with Crippen LogP contribution in [0.5, 0.6) is 0 Å².